The van der Waals surface area contributed by atoms with Gasteiger partial charge in [-0.15, -0.1) is 0 Å². The van der Waals surface area contributed by atoms with Gasteiger partial charge in [0.25, 0.3) is 10.1 Å². The summed E-state index contributed by atoms with van der Waals surface area (Å²) in [5.74, 6) is -0.148. The third kappa shape index (κ3) is 15.4. The summed E-state index contributed by atoms with van der Waals surface area (Å²) >= 11 is 0. The Bertz CT molecular complexity index is 893. The van der Waals surface area contributed by atoms with Gasteiger partial charge in [0, 0.05) is 6.42 Å². The minimum absolute atomic E-state index is 0.148. The molecule has 0 radical (unpaired) electrons. The zero-order valence-electron chi connectivity index (χ0n) is 20.7. The van der Waals surface area contributed by atoms with Crippen LogP contribution in [0.25, 0.3) is 0 Å². The van der Waals surface area contributed by atoms with Crippen LogP contribution in [-0.2, 0) is 23.8 Å². The van der Waals surface area contributed by atoms with Crippen molar-refractivity contribution in [2.45, 2.75) is 76.0 Å². The van der Waals surface area contributed by atoms with E-state index >= 15 is 0 Å². The SMILES string of the molecule is COC(=O)CCC/C=C/C/C=C/C/C=C/C/C=C/CCCCCOS(=O)(=O)c1ccc(C)cc1. The molecule has 5 nitrogen and oxygen atoms in total. The first-order chi connectivity index (χ1) is 16.5. The van der Waals surface area contributed by atoms with Crippen molar-refractivity contribution >= 4 is 16.1 Å². The maximum Gasteiger partial charge on any atom is 0.305 e. The Morgan fingerprint density at radius 2 is 1.29 bits per heavy atom. The summed E-state index contributed by atoms with van der Waals surface area (Å²) in [7, 11) is -2.23. The molecule has 0 amide bonds. The summed E-state index contributed by atoms with van der Waals surface area (Å²) in [6, 6.07) is 6.70. The van der Waals surface area contributed by atoms with Crippen molar-refractivity contribution in [3.05, 3.63) is 78.4 Å². The lowest BCUT2D eigenvalue weighted by Crippen LogP contribution is -2.07. The summed E-state index contributed by atoms with van der Waals surface area (Å²) in [5, 5.41) is 0. The lowest BCUT2D eigenvalue weighted by Gasteiger charge is -2.05. The summed E-state index contributed by atoms with van der Waals surface area (Å²) < 4.78 is 33.9. The van der Waals surface area contributed by atoms with Crippen LogP contribution in [0.4, 0.5) is 0 Å². The number of ether oxygens (including phenoxy) is 1. The topological polar surface area (TPSA) is 69.7 Å². The molecule has 0 aliphatic rings. The fraction of sp³-hybridized carbons (Fsp3) is 0.464. The largest absolute Gasteiger partial charge is 0.469 e. The molecule has 0 aromatic heterocycles. The Hall–Kier alpha value is -2.44. The summed E-state index contributed by atoms with van der Waals surface area (Å²) in [5.41, 5.74) is 1.02. The standard InChI is InChI=1S/C28H40O5S/c1-26-21-23-27(24-22-26)34(30,31)33-25-19-17-15-13-11-9-7-5-3-4-6-8-10-12-14-16-18-20-28(29)32-2/h3,5-6,8-9,11-12,14,21-24H,4,7,10,13,15-20,25H2,1-2H3/b5-3+,8-6+,11-9+,14-12+. The first-order valence-electron chi connectivity index (χ1n) is 12.1. The molecule has 0 spiro atoms. The first-order valence-corrected chi connectivity index (χ1v) is 13.5. The molecule has 0 unspecified atom stereocenters. The van der Waals surface area contributed by atoms with Gasteiger partial charge in [0.05, 0.1) is 18.6 Å². The van der Waals surface area contributed by atoms with E-state index in [0.29, 0.717) is 6.42 Å². The van der Waals surface area contributed by atoms with E-state index < -0.39 is 10.1 Å². The van der Waals surface area contributed by atoms with Crippen molar-refractivity contribution in [1.29, 1.82) is 0 Å². The van der Waals surface area contributed by atoms with Gasteiger partial charge in [0.2, 0.25) is 0 Å². The number of esters is 1. The molecular formula is C28H40O5S. The number of hydrogen-bond donors (Lipinski definition) is 0. The molecule has 6 heteroatoms. The molecule has 0 aliphatic carbocycles. The van der Waals surface area contributed by atoms with Gasteiger partial charge in [-0.2, -0.15) is 8.42 Å². The molecule has 0 bridgehead atoms. The third-order valence-electron chi connectivity index (χ3n) is 5.03. The summed E-state index contributed by atoms with van der Waals surface area (Å²) in [6.07, 6.45) is 25.8. The molecule has 0 aliphatic heterocycles. The van der Waals surface area contributed by atoms with E-state index in [1.54, 1.807) is 24.3 Å². The molecule has 1 rings (SSSR count). The van der Waals surface area contributed by atoms with E-state index in [0.717, 1.165) is 63.4 Å². The van der Waals surface area contributed by atoms with Crippen LogP contribution >= 0.6 is 0 Å². The highest BCUT2D eigenvalue weighted by Crippen LogP contribution is 2.14. The third-order valence-corrected chi connectivity index (χ3v) is 6.35. The fourth-order valence-electron chi connectivity index (χ4n) is 3.00. The van der Waals surface area contributed by atoms with Gasteiger partial charge in [0.15, 0.2) is 0 Å². The number of benzene rings is 1. The van der Waals surface area contributed by atoms with Gasteiger partial charge in [0.1, 0.15) is 0 Å². The lowest BCUT2D eigenvalue weighted by molar-refractivity contribution is -0.140. The minimum Gasteiger partial charge on any atom is -0.469 e. The van der Waals surface area contributed by atoms with Gasteiger partial charge in [-0.25, -0.2) is 0 Å². The number of rotatable bonds is 18. The second-order valence-electron chi connectivity index (χ2n) is 8.00. The Labute approximate surface area is 206 Å². The fourth-order valence-corrected chi connectivity index (χ4v) is 3.94. The molecule has 34 heavy (non-hydrogen) atoms. The predicted molar refractivity (Wildman–Crippen MR) is 139 cm³/mol. The highest BCUT2D eigenvalue weighted by atomic mass is 32.2. The minimum atomic E-state index is -3.65. The highest BCUT2D eigenvalue weighted by Gasteiger charge is 2.14. The normalized spacial score (nSPS) is 12.5. The van der Waals surface area contributed by atoms with E-state index in [1.807, 2.05) is 6.92 Å². The zero-order valence-corrected chi connectivity index (χ0v) is 21.5. The Balaban J connectivity index is 1.97. The van der Waals surface area contributed by atoms with Crippen LogP contribution in [0.3, 0.4) is 0 Å². The highest BCUT2D eigenvalue weighted by molar-refractivity contribution is 7.86. The number of carbonyl (C=O) groups is 1. The molecule has 1 aromatic rings. The Morgan fingerprint density at radius 1 is 0.765 bits per heavy atom. The molecular weight excluding hydrogens is 448 g/mol. The average Bonchev–Trinajstić information content (AvgIpc) is 2.82. The number of hydrogen-bond acceptors (Lipinski definition) is 5. The predicted octanol–water partition coefficient (Wildman–Crippen LogP) is 7.00. The van der Waals surface area contributed by atoms with Gasteiger partial charge in [-0.3, -0.25) is 8.98 Å². The smallest absolute Gasteiger partial charge is 0.305 e. The van der Waals surface area contributed by atoms with Crippen LogP contribution < -0.4 is 0 Å². The van der Waals surface area contributed by atoms with Crippen molar-refractivity contribution in [3.63, 3.8) is 0 Å². The lowest BCUT2D eigenvalue weighted by atomic mass is 10.2. The van der Waals surface area contributed by atoms with Crippen LogP contribution in [0.5, 0.6) is 0 Å². The van der Waals surface area contributed by atoms with Crippen LogP contribution in [0, 0.1) is 6.92 Å². The van der Waals surface area contributed by atoms with E-state index in [4.69, 9.17) is 4.18 Å². The average molecular weight is 489 g/mol. The molecule has 0 heterocycles. The number of methoxy groups -OCH3 is 1. The van der Waals surface area contributed by atoms with Crippen molar-refractivity contribution in [1.82, 2.24) is 0 Å². The summed E-state index contributed by atoms with van der Waals surface area (Å²) in [6.45, 7) is 2.14. The van der Waals surface area contributed by atoms with Crippen molar-refractivity contribution in [2.75, 3.05) is 13.7 Å². The van der Waals surface area contributed by atoms with Crippen molar-refractivity contribution in [3.8, 4) is 0 Å². The second kappa shape index (κ2) is 18.9. The van der Waals surface area contributed by atoms with E-state index in [2.05, 4.69) is 53.3 Å². The maximum atomic E-state index is 12.1. The van der Waals surface area contributed by atoms with Gasteiger partial charge in [-0.05, 0) is 70.4 Å². The van der Waals surface area contributed by atoms with E-state index in [1.165, 1.54) is 7.11 Å². The monoisotopic (exact) mass is 488 g/mol. The van der Waals surface area contributed by atoms with Crippen LogP contribution in [0.1, 0.15) is 69.8 Å². The van der Waals surface area contributed by atoms with Crippen LogP contribution in [-0.4, -0.2) is 28.1 Å². The molecule has 188 valence electrons. The molecule has 0 N–H and O–H groups in total. The van der Waals surface area contributed by atoms with E-state index in [9.17, 15) is 13.2 Å². The molecule has 1 aromatic carbocycles. The quantitative estimate of drug-likeness (QED) is 0.0963. The molecule has 0 fully saturated rings. The zero-order chi connectivity index (χ0) is 24.9. The Morgan fingerprint density at radius 3 is 1.85 bits per heavy atom. The maximum absolute atomic E-state index is 12.1. The number of allylic oxidation sites excluding steroid dienone is 8. The van der Waals surface area contributed by atoms with Crippen molar-refractivity contribution in [2.24, 2.45) is 0 Å². The second-order valence-corrected chi connectivity index (χ2v) is 9.61. The number of aryl methyl sites for hydroxylation is 1. The van der Waals surface area contributed by atoms with E-state index in [-0.39, 0.29) is 17.5 Å². The van der Waals surface area contributed by atoms with Gasteiger partial charge < -0.3 is 4.74 Å². The molecule has 0 saturated carbocycles. The molecule has 0 saturated heterocycles. The van der Waals surface area contributed by atoms with Gasteiger partial charge in [-0.1, -0.05) is 72.7 Å². The molecule has 0 atom stereocenters. The van der Waals surface area contributed by atoms with Crippen LogP contribution in [0.2, 0.25) is 0 Å². The number of unbranched alkanes of at least 4 members (excludes halogenated alkanes) is 4. The number of carbonyl (C=O) groups excluding carboxylic acids is 1. The van der Waals surface area contributed by atoms with Gasteiger partial charge >= 0.3 is 5.97 Å². The first kappa shape index (κ1) is 29.6. The summed E-state index contributed by atoms with van der Waals surface area (Å²) in [4.78, 5) is 11.2. The van der Waals surface area contributed by atoms with Crippen molar-refractivity contribution < 1.29 is 22.1 Å². The Kier molecular flexibility index (Phi) is 16.5. The van der Waals surface area contributed by atoms with Crippen LogP contribution in [0.15, 0.2) is 77.8 Å².